The van der Waals surface area contributed by atoms with Crippen LogP contribution in [0.15, 0.2) is 29.3 Å². The molecule has 8 heteroatoms. The zero-order chi connectivity index (χ0) is 19.0. The Hall–Kier alpha value is -1.80. The number of halogens is 3. The van der Waals surface area contributed by atoms with Gasteiger partial charge >= 0.3 is 6.18 Å². The summed E-state index contributed by atoms with van der Waals surface area (Å²) in [6, 6.07) is 5.59. The van der Waals surface area contributed by atoms with Crippen molar-refractivity contribution in [3.05, 3.63) is 35.4 Å². The summed E-state index contributed by atoms with van der Waals surface area (Å²) in [5, 5.41) is 6.40. The summed E-state index contributed by atoms with van der Waals surface area (Å²) in [6.07, 6.45) is -4.34. The first-order chi connectivity index (χ1) is 12.4. The third-order valence-corrected chi connectivity index (χ3v) is 4.25. The molecule has 1 aliphatic heterocycles. The first-order valence-corrected chi connectivity index (χ1v) is 8.90. The van der Waals surface area contributed by atoms with Gasteiger partial charge in [0.2, 0.25) is 0 Å². The number of nitrogens with one attached hydrogen (secondary N) is 2. The third-order valence-electron chi connectivity index (χ3n) is 4.25. The van der Waals surface area contributed by atoms with E-state index in [1.54, 1.807) is 6.07 Å². The SMILES string of the molecule is CCNC(=NCc1cccc(C(F)(F)F)c1)NCC(C)N1CCOCC1. The van der Waals surface area contributed by atoms with Gasteiger partial charge in [-0.2, -0.15) is 13.2 Å². The highest BCUT2D eigenvalue weighted by molar-refractivity contribution is 5.79. The Morgan fingerprint density at radius 3 is 2.65 bits per heavy atom. The maximum Gasteiger partial charge on any atom is 0.416 e. The summed E-state index contributed by atoms with van der Waals surface area (Å²) >= 11 is 0. The van der Waals surface area contributed by atoms with Crippen LogP contribution in [0.5, 0.6) is 0 Å². The monoisotopic (exact) mass is 372 g/mol. The van der Waals surface area contributed by atoms with Crippen LogP contribution in [-0.4, -0.2) is 56.3 Å². The molecule has 0 aromatic heterocycles. The van der Waals surface area contributed by atoms with E-state index in [0.717, 1.165) is 38.4 Å². The van der Waals surface area contributed by atoms with Crippen molar-refractivity contribution >= 4 is 5.96 Å². The van der Waals surface area contributed by atoms with Gasteiger partial charge in [0.05, 0.1) is 25.3 Å². The molecular weight excluding hydrogens is 345 g/mol. The highest BCUT2D eigenvalue weighted by Crippen LogP contribution is 2.29. The van der Waals surface area contributed by atoms with E-state index in [9.17, 15) is 13.2 Å². The Kier molecular flexibility index (Phi) is 7.71. The van der Waals surface area contributed by atoms with Crippen LogP contribution in [0.2, 0.25) is 0 Å². The molecule has 0 spiro atoms. The molecule has 0 saturated carbocycles. The molecule has 1 aliphatic rings. The molecule has 1 aromatic carbocycles. The van der Waals surface area contributed by atoms with Crippen molar-refractivity contribution < 1.29 is 17.9 Å². The molecule has 0 aliphatic carbocycles. The van der Waals surface area contributed by atoms with Gasteiger partial charge in [-0.3, -0.25) is 4.90 Å². The van der Waals surface area contributed by atoms with Crippen molar-refractivity contribution in [2.75, 3.05) is 39.4 Å². The molecule has 1 saturated heterocycles. The van der Waals surface area contributed by atoms with Crippen LogP contribution >= 0.6 is 0 Å². The second-order valence-corrected chi connectivity index (χ2v) is 6.27. The average molecular weight is 372 g/mol. The number of ether oxygens (including phenoxy) is 1. The lowest BCUT2D eigenvalue weighted by atomic mass is 10.1. The summed E-state index contributed by atoms with van der Waals surface area (Å²) in [4.78, 5) is 6.75. The Morgan fingerprint density at radius 1 is 1.27 bits per heavy atom. The van der Waals surface area contributed by atoms with E-state index in [-0.39, 0.29) is 6.54 Å². The number of morpholine rings is 1. The van der Waals surface area contributed by atoms with Crippen molar-refractivity contribution in [2.45, 2.75) is 32.6 Å². The third kappa shape index (κ3) is 6.49. The second kappa shape index (κ2) is 9.78. The minimum atomic E-state index is -4.34. The number of nitrogens with zero attached hydrogens (tertiary/aromatic N) is 2. The van der Waals surface area contributed by atoms with E-state index in [0.29, 0.717) is 30.7 Å². The van der Waals surface area contributed by atoms with Gasteiger partial charge in [-0.25, -0.2) is 4.99 Å². The van der Waals surface area contributed by atoms with Crippen LogP contribution in [-0.2, 0) is 17.5 Å². The number of aliphatic imine (C=N–C) groups is 1. The van der Waals surface area contributed by atoms with Crippen LogP contribution in [0.3, 0.4) is 0 Å². The summed E-state index contributed by atoms with van der Waals surface area (Å²) in [5.41, 5.74) is -0.123. The van der Waals surface area contributed by atoms with Gasteiger partial charge in [0, 0.05) is 32.2 Å². The van der Waals surface area contributed by atoms with Crippen LogP contribution in [0.4, 0.5) is 13.2 Å². The highest BCUT2D eigenvalue weighted by atomic mass is 19.4. The molecule has 1 fully saturated rings. The van der Waals surface area contributed by atoms with Crippen molar-refractivity contribution in [3.63, 3.8) is 0 Å². The van der Waals surface area contributed by atoms with E-state index >= 15 is 0 Å². The molecule has 5 nitrogen and oxygen atoms in total. The largest absolute Gasteiger partial charge is 0.416 e. The molecule has 146 valence electrons. The van der Waals surface area contributed by atoms with Gasteiger partial charge in [-0.15, -0.1) is 0 Å². The fourth-order valence-electron chi connectivity index (χ4n) is 2.75. The molecule has 26 heavy (non-hydrogen) atoms. The number of guanidine groups is 1. The van der Waals surface area contributed by atoms with Gasteiger partial charge in [-0.05, 0) is 31.5 Å². The van der Waals surface area contributed by atoms with Gasteiger partial charge in [0.25, 0.3) is 0 Å². The fraction of sp³-hybridized carbons (Fsp3) is 0.611. The zero-order valence-corrected chi connectivity index (χ0v) is 15.3. The van der Waals surface area contributed by atoms with E-state index in [2.05, 4.69) is 27.4 Å². The van der Waals surface area contributed by atoms with Gasteiger partial charge in [0.15, 0.2) is 5.96 Å². The van der Waals surface area contributed by atoms with E-state index in [4.69, 9.17) is 4.74 Å². The van der Waals surface area contributed by atoms with Crippen molar-refractivity contribution in [1.82, 2.24) is 15.5 Å². The standard InChI is InChI=1S/C18H27F3N4O/c1-3-22-17(23-12-14(2)25-7-9-26-10-8-25)24-13-15-5-4-6-16(11-15)18(19,20)21/h4-6,11,14H,3,7-10,12-13H2,1-2H3,(H2,22,23,24). The molecule has 1 unspecified atom stereocenters. The molecule has 1 heterocycles. The summed E-state index contributed by atoms with van der Waals surface area (Å²) in [6.45, 7) is 8.95. The fourth-order valence-corrected chi connectivity index (χ4v) is 2.75. The number of hydrogen-bond acceptors (Lipinski definition) is 3. The lowest BCUT2D eigenvalue weighted by Crippen LogP contribution is -2.49. The Morgan fingerprint density at radius 2 is 2.00 bits per heavy atom. The Balaban J connectivity index is 1.93. The van der Waals surface area contributed by atoms with E-state index < -0.39 is 11.7 Å². The predicted octanol–water partition coefficient (Wildman–Crippen LogP) is 2.48. The first-order valence-electron chi connectivity index (χ1n) is 8.90. The molecule has 2 N–H and O–H groups in total. The second-order valence-electron chi connectivity index (χ2n) is 6.27. The summed E-state index contributed by atoms with van der Waals surface area (Å²) in [7, 11) is 0. The average Bonchev–Trinajstić information content (AvgIpc) is 2.64. The van der Waals surface area contributed by atoms with Crippen molar-refractivity contribution in [2.24, 2.45) is 4.99 Å². The number of alkyl halides is 3. The van der Waals surface area contributed by atoms with Gasteiger partial charge in [-0.1, -0.05) is 12.1 Å². The molecule has 1 atom stereocenters. The molecule has 0 amide bonds. The molecule has 1 aromatic rings. The summed E-state index contributed by atoms with van der Waals surface area (Å²) in [5.74, 6) is 0.602. The van der Waals surface area contributed by atoms with Gasteiger partial charge < -0.3 is 15.4 Å². The minimum Gasteiger partial charge on any atom is -0.379 e. The molecule has 2 rings (SSSR count). The lowest BCUT2D eigenvalue weighted by molar-refractivity contribution is -0.137. The van der Waals surface area contributed by atoms with Crippen LogP contribution < -0.4 is 10.6 Å². The van der Waals surface area contributed by atoms with E-state index in [1.165, 1.54) is 6.07 Å². The predicted molar refractivity (Wildman–Crippen MR) is 96.1 cm³/mol. The number of benzene rings is 1. The quantitative estimate of drug-likeness (QED) is 0.595. The Labute approximate surface area is 152 Å². The normalized spacial score (nSPS) is 17.8. The van der Waals surface area contributed by atoms with Crippen molar-refractivity contribution in [1.29, 1.82) is 0 Å². The minimum absolute atomic E-state index is 0.186. The smallest absolute Gasteiger partial charge is 0.379 e. The van der Waals surface area contributed by atoms with Crippen molar-refractivity contribution in [3.8, 4) is 0 Å². The van der Waals surface area contributed by atoms with Crippen LogP contribution in [0, 0.1) is 0 Å². The number of rotatable bonds is 6. The molecule has 0 radical (unpaired) electrons. The molecular formula is C18H27F3N4O. The van der Waals surface area contributed by atoms with E-state index in [1.807, 2.05) is 6.92 Å². The number of hydrogen-bond donors (Lipinski definition) is 2. The van der Waals surface area contributed by atoms with Crippen LogP contribution in [0.25, 0.3) is 0 Å². The zero-order valence-electron chi connectivity index (χ0n) is 15.3. The van der Waals surface area contributed by atoms with Crippen LogP contribution in [0.1, 0.15) is 25.0 Å². The maximum atomic E-state index is 12.8. The summed E-state index contributed by atoms with van der Waals surface area (Å²) < 4.78 is 43.8. The topological polar surface area (TPSA) is 48.9 Å². The first kappa shape index (κ1) is 20.5. The Bertz CT molecular complexity index is 586. The lowest BCUT2D eigenvalue weighted by Gasteiger charge is -2.32. The maximum absolute atomic E-state index is 12.8. The van der Waals surface area contributed by atoms with Gasteiger partial charge in [0.1, 0.15) is 0 Å². The highest BCUT2D eigenvalue weighted by Gasteiger charge is 2.30. The molecule has 0 bridgehead atoms.